The zero-order valence-electron chi connectivity index (χ0n) is 15.3. The Balaban J connectivity index is 0.00000484. The van der Waals surface area contributed by atoms with E-state index >= 15 is 0 Å². The number of rotatable bonds is 10. The van der Waals surface area contributed by atoms with E-state index in [4.69, 9.17) is 4.99 Å². The highest BCUT2D eigenvalue weighted by atomic mass is 127. The van der Waals surface area contributed by atoms with E-state index in [1.54, 1.807) is 0 Å². The largest absolute Gasteiger partial charge is 0.357 e. The first kappa shape index (κ1) is 23.3. The number of likely N-dealkylation sites (tertiary alicyclic amines) is 1. The fourth-order valence-electron chi connectivity index (χ4n) is 2.69. The number of unbranched alkanes of at least 4 members (excludes halogenated alkanes) is 1. The second-order valence-corrected chi connectivity index (χ2v) is 7.25. The molecular formula is C17H37IN4S. The van der Waals surface area contributed by atoms with Crippen LogP contribution in [0, 0.1) is 5.92 Å². The van der Waals surface area contributed by atoms with Crippen LogP contribution in [0.1, 0.15) is 46.0 Å². The number of nitrogens with one attached hydrogen (secondary N) is 2. The maximum absolute atomic E-state index is 4.69. The molecule has 4 nitrogen and oxygen atoms in total. The van der Waals surface area contributed by atoms with Gasteiger partial charge in [-0.3, -0.25) is 4.99 Å². The van der Waals surface area contributed by atoms with Crippen molar-refractivity contribution < 1.29 is 0 Å². The van der Waals surface area contributed by atoms with Crippen molar-refractivity contribution in [2.24, 2.45) is 10.9 Å². The summed E-state index contributed by atoms with van der Waals surface area (Å²) in [7, 11) is 0. The molecule has 1 saturated heterocycles. The van der Waals surface area contributed by atoms with Crippen molar-refractivity contribution in [3.63, 3.8) is 0 Å². The molecule has 6 heteroatoms. The molecule has 2 N–H and O–H groups in total. The highest BCUT2D eigenvalue weighted by Crippen LogP contribution is 2.15. The molecule has 1 heterocycles. The van der Waals surface area contributed by atoms with Gasteiger partial charge in [0.05, 0.1) is 0 Å². The molecule has 0 amide bonds. The lowest BCUT2D eigenvalue weighted by Gasteiger charge is -2.29. The fourth-order valence-corrected chi connectivity index (χ4v) is 3.18. The van der Waals surface area contributed by atoms with Crippen LogP contribution in [-0.4, -0.2) is 62.1 Å². The van der Waals surface area contributed by atoms with Crippen LogP contribution < -0.4 is 10.6 Å². The topological polar surface area (TPSA) is 39.7 Å². The highest BCUT2D eigenvalue weighted by molar-refractivity contribution is 14.0. The molecule has 23 heavy (non-hydrogen) atoms. The summed E-state index contributed by atoms with van der Waals surface area (Å²) >= 11 is 1.92. The maximum atomic E-state index is 4.69. The van der Waals surface area contributed by atoms with Gasteiger partial charge in [0, 0.05) is 19.6 Å². The van der Waals surface area contributed by atoms with E-state index in [1.807, 2.05) is 11.8 Å². The summed E-state index contributed by atoms with van der Waals surface area (Å²) < 4.78 is 0. The number of piperidine rings is 1. The number of nitrogens with zero attached hydrogens (tertiary/aromatic N) is 2. The number of hydrogen-bond donors (Lipinski definition) is 2. The third kappa shape index (κ3) is 12.3. The van der Waals surface area contributed by atoms with Crippen LogP contribution in [-0.2, 0) is 0 Å². The molecule has 138 valence electrons. The van der Waals surface area contributed by atoms with Gasteiger partial charge in [-0.05, 0) is 76.6 Å². The van der Waals surface area contributed by atoms with Gasteiger partial charge in [-0.1, -0.05) is 6.92 Å². The molecular weight excluding hydrogens is 419 g/mol. The molecule has 0 radical (unpaired) electrons. The molecule has 0 aromatic heterocycles. The van der Waals surface area contributed by atoms with E-state index in [1.165, 1.54) is 51.1 Å². The molecule has 0 aromatic carbocycles. The Labute approximate surface area is 165 Å². The molecule has 0 bridgehead atoms. The smallest absolute Gasteiger partial charge is 0.191 e. The molecule has 0 aliphatic carbocycles. The average molecular weight is 456 g/mol. The van der Waals surface area contributed by atoms with Crippen molar-refractivity contribution in [3.8, 4) is 0 Å². The van der Waals surface area contributed by atoms with Gasteiger partial charge in [0.1, 0.15) is 0 Å². The standard InChI is InChI=1S/C17H36N4S.HI/c1-4-18-17(19-10-5-6-15-22-3)20-11-7-12-21-13-8-16(2)9-14-21;/h16H,4-15H2,1-3H3,(H2,18,19,20);1H. The predicted molar refractivity (Wildman–Crippen MR) is 116 cm³/mol. The molecule has 1 aliphatic heterocycles. The molecule has 1 fully saturated rings. The number of aliphatic imine (C=N–C) groups is 1. The lowest BCUT2D eigenvalue weighted by atomic mass is 9.99. The third-order valence-corrected chi connectivity index (χ3v) is 4.89. The Hall–Kier alpha value is 0.310. The molecule has 0 spiro atoms. The van der Waals surface area contributed by atoms with Gasteiger partial charge in [-0.2, -0.15) is 11.8 Å². The molecule has 0 unspecified atom stereocenters. The van der Waals surface area contributed by atoms with Crippen molar-refractivity contribution in [2.75, 3.05) is 51.3 Å². The first-order valence-corrected chi connectivity index (χ1v) is 10.4. The van der Waals surface area contributed by atoms with Crippen LogP contribution >= 0.6 is 35.7 Å². The highest BCUT2D eigenvalue weighted by Gasteiger charge is 2.14. The van der Waals surface area contributed by atoms with Crippen LogP contribution in [0.15, 0.2) is 4.99 Å². The number of thioether (sulfide) groups is 1. The quantitative estimate of drug-likeness (QED) is 0.229. The Morgan fingerprint density at radius 1 is 1.17 bits per heavy atom. The SMILES string of the molecule is CCNC(=NCCCN1CCC(C)CC1)NCCCCSC.I. The van der Waals surface area contributed by atoms with Crippen LogP contribution in [0.2, 0.25) is 0 Å². The van der Waals surface area contributed by atoms with Gasteiger partial charge in [0.2, 0.25) is 0 Å². The molecule has 1 rings (SSSR count). The van der Waals surface area contributed by atoms with Crippen LogP contribution in [0.3, 0.4) is 0 Å². The van der Waals surface area contributed by atoms with Gasteiger partial charge in [0.15, 0.2) is 5.96 Å². The summed E-state index contributed by atoms with van der Waals surface area (Å²) in [6, 6.07) is 0. The van der Waals surface area contributed by atoms with Gasteiger partial charge in [0.25, 0.3) is 0 Å². The van der Waals surface area contributed by atoms with Crippen molar-refractivity contribution in [2.45, 2.75) is 46.0 Å². The van der Waals surface area contributed by atoms with E-state index in [-0.39, 0.29) is 24.0 Å². The zero-order chi connectivity index (χ0) is 16.0. The van der Waals surface area contributed by atoms with E-state index in [2.05, 4.69) is 35.6 Å². The van der Waals surface area contributed by atoms with Crippen LogP contribution in [0.4, 0.5) is 0 Å². The molecule has 0 aromatic rings. The Morgan fingerprint density at radius 2 is 1.91 bits per heavy atom. The predicted octanol–water partition coefficient (Wildman–Crippen LogP) is 3.42. The van der Waals surface area contributed by atoms with Crippen molar-refractivity contribution in [1.29, 1.82) is 0 Å². The van der Waals surface area contributed by atoms with Crippen LogP contribution in [0.5, 0.6) is 0 Å². The normalized spacial score (nSPS) is 16.9. The molecule has 0 atom stereocenters. The molecule has 1 aliphatic rings. The van der Waals surface area contributed by atoms with Crippen LogP contribution in [0.25, 0.3) is 0 Å². The summed E-state index contributed by atoms with van der Waals surface area (Å²) in [5.74, 6) is 3.16. The summed E-state index contributed by atoms with van der Waals surface area (Å²) in [5.41, 5.74) is 0. The van der Waals surface area contributed by atoms with Crippen molar-refractivity contribution >= 4 is 41.7 Å². The third-order valence-electron chi connectivity index (χ3n) is 4.19. The van der Waals surface area contributed by atoms with Crippen molar-refractivity contribution in [3.05, 3.63) is 0 Å². The van der Waals surface area contributed by atoms with Gasteiger partial charge >= 0.3 is 0 Å². The minimum Gasteiger partial charge on any atom is -0.357 e. The summed E-state index contributed by atoms with van der Waals surface area (Å²) in [4.78, 5) is 7.29. The fraction of sp³-hybridized carbons (Fsp3) is 0.941. The van der Waals surface area contributed by atoms with E-state index < -0.39 is 0 Å². The second kappa shape index (κ2) is 15.8. The van der Waals surface area contributed by atoms with E-state index in [0.29, 0.717) is 0 Å². The summed E-state index contributed by atoms with van der Waals surface area (Å²) in [6.45, 7) is 11.1. The van der Waals surface area contributed by atoms with E-state index in [0.717, 1.165) is 37.9 Å². The monoisotopic (exact) mass is 456 g/mol. The Morgan fingerprint density at radius 3 is 2.57 bits per heavy atom. The van der Waals surface area contributed by atoms with Gasteiger partial charge in [-0.15, -0.1) is 24.0 Å². The van der Waals surface area contributed by atoms with Crippen molar-refractivity contribution in [1.82, 2.24) is 15.5 Å². The number of halogens is 1. The lowest BCUT2D eigenvalue weighted by molar-refractivity contribution is 0.192. The Kier molecular flexibility index (Phi) is 16.0. The number of guanidine groups is 1. The average Bonchev–Trinajstić information content (AvgIpc) is 2.53. The summed E-state index contributed by atoms with van der Waals surface area (Å²) in [5, 5.41) is 6.78. The maximum Gasteiger partial charge on any atom is 0.191 e. The first-order valence-electron chi connectivity index (χ1n) is 8.99. The van der Waals surface area contributed by atoms with Gasteiger partial charge in [-0.25, -0.2) is 0 Å². The minimum absolute atomic E-state index is 0. The first-order chi connectivity index (χ1) is 10.8. The van der Waals surface area contributed by atoms with E-state index in [9.17, 15) is 0 Å². The summed E-state index contributed by atoms with van der Waals surface area (Å²) in [6.07, 6.45) is 8.56. The zero-order valence-corrected chi connectivity index (χ0v) is 18.4. The lowest BCUT2D eigenvalue weighted by Crippen LogP contribution is -2.38. The second-order valence-electron chi connectivity index (χ2n) is 6.27. The van der Waals surface area contributed by atoms with Gasteiger partial charge < -0.3 is 15.5 Å². The minimum atomic E-state index is 0. The number of hydrogen-bond acceptors (Lipinski definition) is 3. The molecule has 0 saturated carbocycles. The Bertz CT molecular complexity index is 294.